The van der Waals surface area contributed by atoms with Crippen LogP contribution in [0.5, 0.6) is 0 Å². The minimum Gasteiger partial charge on any atom is -0.481 e. The lowest BCUT2D eigenvalue weighted by Gasteiger charge is -2.72. The molecule has 4 saturated carbocycles. The van der Waals surface area contributed by atoms with Crippen LogP contribution in [0.3, 0.4) is 0 Å². The van der Waals surface area contributed by atoms with Crippen LogP contribution in [0.25, 0.3) is 0 Å². The average Bonchev–Trinajstić information content (AvgIpc) is 2.94. The Balaban J connectivity index is 1.35. The highest BCUT2D eigenvalue weighted by Gasteiger charge is 2.72. The van der Waals surface area contributed by atoms with E-state index in [0.717, 1.165) is 31.3 Å². The van der Waals surface area contributed by atoms with E-state index in [9.17, 15) is 35.4 Å². The second kappa shape index (κ2) is 10.5. The molecule has 0 bridgehead atoms. The summed E-state index contributed by atoms with van der Waals surface area (Å²) in [6, 6.07) is 0. The third-order valence-corrected chi connectivity index (χ3v) is 15.5. The molecular weight excluding hydrogens is 576 g/mol. The quantitative estimate of drug-likeness (QED) is 0.199. The normalized spacial score (nSPS) is 57.4. The molecule has 0 aromatic rings. The van der Waals surface area contributed by atoms with E-state index < -0.39 is 71.2 Å². The Labute approximate surface area is 268 Å². The van der Waals surface area contributed by atoms with Crippen molar-refractivity contribution in [3.8, 4) is 0 Å². The predicted octanol–water partition coefficient (Wildman–Crippen LogP) is 4.03. The summed E-state index contributed by atoms with van der Waals surface area (Å²) >= 11 is 0. The van der Waals surface area contributed by atoms with Crippen molar-refractivity contribution in [2.75, 3.05) is 0 Å². The van der Waals surface area contributed by atoms with Gasteiger partial charge in [0.05, 0.1) is 29.3 Å². The maximum absolute atomic E-state index is 13.0. The molecule has 0 spiro atoms. The largest absolute Gasteiger partial charge is 0.481 e. The van der Waals surface area contributed by atoms with Crippen LogP contribution in [0, 0.1) is 50.7 Å². The van der Waals surface area contributed by atoms with E-state index in [0.29, 0.717) is 25.7 Å². The van der Waals surface area contributed by atoms with Gasteiger partial charge in [-0.2, -0.15) is 0 Å². The van der Waals surface area contributed by atoms with Gasteiger partial charge in [0.1, 0.15) is 18.3 Å². The number of hydrogen-bond acceptors (Lipinski definition) is 8. The first kappa shape index (κ1) is 33.8. The lowest BCUT2D eigenvalue weighted by atomic mass is 9.33. The van der Waals surface area contributed by atoms with Gasteiger partial charge >= 0.3 is 5.97 Å². The third kappa shape index (κ3) is 4.33. The van der Waals surface area contributed by atoms with Crippen molar-refractivity contribution in [3.05, 3.63) is 11.6 Å². The van der Waals surface area contributed by atoms with Crippen LogP contribution in [0.2, 0.25) is 0 Å². The highest BCUT2D eigenvalue weighted by Crippen LogP contribution is 2.76. The molecule has 45 heavy (non-hydrogen) atoms. The van der Waals surface area contributed by atoms with E-state index >= 15 is 0 Å². The second-order valence-electron chi connectivity index (χ2n) is 17.7. The van der Waals surface area contributed by atoms with E-state index in [1.807, 2.05) is 6.92 Å². The molecule has 5 fully saturated rings. The first-order valence-electron chi connectivity index (χ1n) is 17.4. The first-order valence-corrected chi connectivity index (χ1v) is 17.4. The first-order chi connectivity index (χ1) is 20.7. The lowest BCUT2D eigenvalue weighted by Crippen LogP contribution is -2.69. The fourth-order valence-corrected chi connectivity index (χ4v) is 12.5. The number of aliphatic hydroxyl groups is 5. The molecule has 0 aromatic carbocycles. The standard InChI is InChI=1S/C36H58O9/c1-18-11-14-36(30(41)42)16-15-33(6)20(27(36)35(18,8)43)9-10-23-32(5)17-21(37)28(31(3,4)22(32)12-13-34(23,33)7)45-29-26(40)25(39)24(38)19(2)44-29/h9,18-19,21-29,37-40,43H,10-17H2,1-8H3,(H,41,42)/t18-,19-,21-,22+,23-,24-,25+,26-,27-,28+,29+,32+,33-,34-,35-,36+/m1/s1. The second-order valence-corrected chi connectivity index (χ2v) is 17.7. The maximum Gasteiger partial charge on any atom is 0.310 e. The van der Waals surface area contributed by atoms with Gasteiger partial charge in [-0.05, 0) is 105 Å². The molecule has 6 N–H and O–H groups in total. The number of aliphatic carboxylic acids is 1. The fourth-order valence-electron chi connectivity index (χ4n) is 12.5. The van der Waals surface area contributed by atoms with Crippen molar-refractivity contribution in [2.45, 2.75) is 155 Å². The van der Waals surface area contributed by atoms with Gasteiger partial charge in [0, 0.05) is 5.92 Å². The summed E-state index contributed by atoms with van der Waals surface area (Å²) in [4.78, 5) is 13.0. The van der Waals surface area contributed by atoms with E-state index in [1.165, 1.54) is 0 Å². The van der Waals surface area contributed by atoms with Gasteiger partial charge in [-0.15, -0.1) is 0 Å². The van der Waals surface area contributed by atoms with Gasteiger partial charge < -0.3 is 40.1 Å². The van der Waals surface area contributed by atoms with E-state index in [4.69, 9.17) is 9.47 Å². The molecule has 9 nitrogen and oxygen atoms in total. The summed E-state index contributed by atoms with van der Waals surface area (Å²) in [5.41, 5.74) is -2.13. The molecule has 0 amide bonds. The van der Waals surface area contributed by atoms with Gasteiger partial charge in [0.2, 0.25) is 0 Å². The summed E-state index contributed by atoms with van der Waals surface area (Å²) in [6.07, 6.45) is 0.567. The Morgan fingerprint density at radius 2 is 1.56 bits per heavy atom. The molecule has 1 aliphatic heterocycles. The number of fused-ring (bicyclic) bond motifs is 7. The van der Waals surface area contributed by atoms with Gasteiger partial charge in [0.25, 0.3) is 0 Å². The Hall–Kier alpha value is -1.07. The van der Waals surface area contributed by atoms with E-state index in [1.54, 1.807) is 6.92 Å². The lowest BCUT2D eigenvalue weighted by molar-refractivity contribution is -0.336. The van der Waals surface area contributed by atoms with Crippen LogP contribution < -0.4 is 0 Å². The van der Waals surface area contributed by atoms with Crippen LogP contribution >= 0.6 is 0 Å². The van der Waals surface area contributed by atoms with Crippen molar-refractivity contribution in [1.29, 1.82) is 0 Å². The van der Waals surface area contributed by atoms with Crippen LogP contribution in [-0.4, -0.2) is 85.1 Å². The molecule has 1 saturated heterocycles. The smallest absolute Gasteiger partial charge is 0.310 e. The third-order valence-electron chi connectivity index (χ3n) is 15.5. The molecule has 0 aromatic heterocycles. The van der Waals surface area contributed by atoms with Crippen LogP contribution in [0.4, 0.5) is 0 Å². The highest BCUT2D eigenvalue weighted by atomic mass is 16.7. The number of allylic oxidation sites excluding steroid dienone is 1. The molecular formula is C36H58O9. The zero-order valence-electron chi connectivity index (χ0n) is 28.5. The van der Waals surface area contributed by atoms with Gasteiger partial charge in [0.15, 0.2) is 6.29 Å². The van der Waals surface area contributed by atoms with Crippen LogP contribution in [0.15, 0.2) is 11.6 Å². The monoisotopic (exact) mass is 634 g/mol. The summed E-state index contributed by atoms with van der Waals surface area (Å²) in [5.74, 6) is -0.801. The van der Waals surface area contributed by atoms with Crippen molar-refractivity contribution < 1.29 is 44.9 Å². The molecule has 256 valence electrons. The molecule has 16 atom stereocenters. The molecule has 5 aliphatic carbocycles. The Morgan fingerprint density at radius 1 is 0.889 bits per heavy atom. The van der Waals surface area contributed by atoms with Gasteiger partial charge in [-0.3, -0.25) is 4.79 Å². The topological polar surface area (TPSA) is 157 Å². The Bertz CT molecular complexity index is 1230. The number of hydrogen-bond donors (Lipinski definition) is 6. The number of carboxylic acid groups (broad SMARTS) is 1. The molecule has 9 heteroatoms. The fraction of sp³-hybridized carbons (Fsp3) is 0.917. The SMILES string of the molecule is C[C@@H]1CC[C@]2(C(=O)O)CC[C@]3(C)C(=CC[C@@H]4[C@@]5(C)C[C@@H](O)[C@H](O[C@@H]6O[C@H](C)[C@@H](O)[C@H](O)[C@H]6O)C(C)(C)[C@@H]5CC[C@]43C)[C@@H]2[C@]1(C)O. The number of ether oxygens (including phenoxy) is 2. The number of carbonyl (C=O) groups is 1. The summed E-state index contributed by atoms with van der Waals surface area (Å²) in [7, 11) is 0. The minimum atomic E-state index is -1.44. The Kier molecular flexibility index (Phi) is 7.86. The van der Waals surface area contributed by atoms with Gasteiger partial charge in [-0.1, -0.05) is 53.2 Å². The van der Waals surface area contributed by atoms with Crippen LogP contribution in [0.1, 0.15) is 107 Å². The van der Waals surface area contributed by atoms with E-state index in [-0.39, 0.29) is 34.0 Å². The average molecular weight is 635 g/mol. The zero-order chi connectivity index (χ0) is 33.3. The Morgan fingerprint density at radius 3 is 2.20 bits per heavy atom. The van der Waals surface area contributed by atoms with Crippen LogP contribution in [-0.2, 0) is 14.3 Å². The number of rotatable bonds is 3. The molecule has 0 unspecified atom stereocenters. The molecule has 6 rings (SSSR count). The summed E-state index contributed by atoms with van der Waals surface area (Å²) < 4.78 is 12.1. The number of aliphatic hydroxyl groups excluding tert-OH is 4. The van der Waals surface area contributed by atoms with Crippen molar-refractivity contribution in [2.24, 2.45) is 50.7 Å². The maximum atomic E-state index is 13.0. The van der Waals surface area contributed by atoms with E-state index in [2.05, 4.69) is 47.6 Å². The molecule has 6 aliphatic rings. The molecule has 0 radical (unpaired) electrons. The van der Waals surface area contributed by atoms with Gasteiger partial charge in [-0.25, -0.2) is 0 Å². The van der Waals surface area contributed by atoms with Crippen molar-refractivity contribution >= 4 is 5.97 Å². The van der Waals surface area contributed by atoms with Crippen molar-refractivity contribution in [1.82, 2.24) is 0 Å². The van der Waals surface area contributed by atoms with Crippen molar-refractivity contribution in [3.63, 3.8) is 0 Å². The zero-order valence-corrected chi connectivity index (χ0v) is 28.5. The summed E-state index contributed by atoms with van der Waals surface area (Å²) in [5, 5.41) is 65.9. The molecule has 1 heterocycles. The highest BCUT2D eigenvalue weighted by molar-refractivity contribution is 5.77. The summed E-state index contributed by atoms with van der Waals surface area (Å²) in [6.45, 7) is 16.9. The number of carboxylic acids is 1. The minimum absolute atomic E-state index is 0.00209. The predicted molar refractivity (Wildman–Crippen MR) is 167 cm³/mol.